The number of benzene rings is 1. The molecule has 1 atom stereocenters. The van der Waals surface area contributed by atoms with E-state index in [1.54, 1.807) is 0 Å². The molecular formula is C13H15NO5. The molecule has 1 aliphatic heterocycles. The van der Waals surface area contributed by atoms with Gasteiger partial charge < -0.3 is 15.3 Å². The highest BCUT2D eigenvalue weighted by molar-refractivity contribution is 6.01. The van der Waals surface area contributed by atoms with Gasteiger partial charge in [-0.05, 0) is 17.7 Å². The van der Waals surface area contributed by atoms with Crippen LogP contribution in [0.2, 0.25) is 0 Å². The first-order valence-electron chi connectivity index (χ1n) is 5.97. The van der Waals surface area contributed by atoms with Gasteiger partial charge in [0.15, 0.2) is 0 Å². The van der Waals surface area contributed by atoms with Gasteiger partial charge in [0, 0.05) is 18.4 Å². The summed E-state index contributed by atoms with van der Waals surface area (Å²) in [6.07, 6.45) is -0.664. The van der Waals surface area contributed by atoms with Crippen LogP contribution in [-0.4, -0.2) is 38.6 Å². The van der Waals surface area contributed by atoms with Gasteiger partial charge in [-0.2, -0.15) is 0 Å². The predicted octanol–water partition coefficient (Wildman–Crippen LogP) is 0.0669. The number of rotatable bonds is 4. The van der Waals surface area contributed by atoms with Gasteiger partial charge in [-0.1, -0.05) is 6.07 Å². The first kappa shape index (κ1) is 13.5. The van der Waals surface area contributed by atoms with Crippen LogP contribution in [0.1, 0.15) is 30.1 Å². The molecule has 6 nitrogen and oxygen atoms in total. The van der Waals surface area contributed by atoms with Crippen LogP contribution < -0.4 is 0 Å². The summed E-state index contributed by atoms with van der Waals surface area (Å²) in [5.74, 6) is -0.637. The Balaban J connectivity index is 2.13. The van der Waals surface area contributed by atoms with E-state index < -0.39 is 6.10 Å². The molecule has 0 bridgehead atoms. The maximum absolute atomic E-state index is 11.4. The van der Waals surface area contributed by atoms with Crippen molar-refractivity contribution < 1.29 is 24.9 Å². The third-order valence-corrected chi connectivity index (χ3v) is 3.17. The van der Waals surface area contributed by atoms with E-state index in [1.165, 1.54) is 18.2 Å². The lowest BCUT2D eigenvalue weighted by Gasteiger charge is -2.19. The Morgan fingerprint density at radius 2 is 1.84 bits per heavy atom. The minimum Gasteiger partial charge on any atom is -0.508 e. The van der Waals surface area contributed by atoms with Crippen molar-refractivity contribution in [2.75, 3.05) is 6.54 Å². The van der Waals surface area contributed by atoms with Gasteiger partial charge in [-0.25, -0.2) is 0 Å². The summed E-state index contributed by atoms with van der Waals surface area (Å²) in [5, 5.41) is 28.5. The normalized spacial score (nSPS) is 17.1. The monoisotopic (exact) mass is 265 g/mol. The molecule has 1 aromatic carbocycles. The summed E-state index contributed by atoms with van der Waals surface area (Å²) in [6.45, 7) is -0.457. The fraction of sp³-hybridized carbons (Fsp3) is 0.385. The fourth-order valence-corrected chi connectivity index (χ4v) is 2.04. The van der Waals surface area contributed by atoms with E-state index in [0.717, 1.165) is 4.90 Å². The van der Waals surface area contributed by atoms with Gasteiger partial charge in [0.25, 0.3) is 0 Å². The van der Waals surface area contributed by atoms with Gasteiger partial charge in [0.05, 0.1) is 19.3 Å². The molecule has 0 saturated carbocycles. The van der Waals surface area contributed by atoms with E-state index in [4.69, 9.17) is 5.11 Å². The largest absolute Gasteiger partial charge is 0.508 e. The number of likely N-dealkylation sites (tertiary alicyclic amines) is 1. The molecule has 2 rings (SSSR count). The summed E-state index contributed by atoms with van der Waals surface area (Å²) in [7, 11) is 0. The van der Waals surface area contributed by atoms with E-state index in [-0.39, 0.29) is 49.1 Å². The number of amides is 2. The summed E-state index contributed by atoms with van der Waals surface area (Å²) in [4.78, 5) is 23.9. The quantitative estimate of drug-likeness (QED) is 0.669. The van der Waals surface area contributed by atoms with Crippen molar-refractivity contribution in [1.29, 1.82) is 0 Å². The number of phenols is 1. The maximum atomic E-state index is 11.4. The van der Waals surface area contributed by atoms with Gasteiger partial charge >= 0.3 is 0 Å². The Hall–Kier alpha value is -1.92. The maximum Gasteiger partial charge on any atom is 0.229 e. The number of carbonyl (C=O) groups is 2. The Labute approximate surface area is 109 Å². The van der Waals surface area contributed by atoms with Crippen molar-refractivity contribution in [3.8, 4) is 5.75 Å². The van der Waals surface area contributed by atoms with Crippen LogP contribution >= 0.6 is 0 Å². The Bertz CT molecular complexity index is 498. The van der Waals surface area contributed by atoms with Gasteiger partial charge in [-0.15, -0.1) is 0 Å². The van der Waals surface area contributed by atoms with E-state index >= 15 is 0 Å². The number of aliphatic hydroxyl groups is 2. The molecule has 0 aromatic heterocycles. The summed E-state index contributed by atoms with van der Waals surface area (Å²) >= 11 is 0. The van der Waals surface area contributed by atoms with Crippen LogP contribution in [0.4, 0.5) is 0 Å². The zero-order valence-corrected chi connectivity index (χ0v) is 10.2. The smallest absolute Gasteiger partial charge is 0.229 e. The number of nitrogens with zero attached hydrogens (tertiary/aromatic N) is 1. The van der Waals surface area contributed by atoms with E-state index in [1.807, 2.05) is 0 Å². The Morgan fingerprint density at radius 1 is 1.21 bits per heavy atom. The molecule has 0 spiro atoms. The molecule has 3 N–H and O–H groups in total. The minimum atomic E-state index is -1.03. The lowest BCUT2D eigenvalue weighted by molar-refractivity contribution is -0.140. The summed E-state index contributed by atoms with van der Waals surface area (Å²) in [5.41, 5.74) is 0.727. The third kappa shape index (κ3) is 2.74. The molecule has 6 heteroatoms. The number of carbonyl (C=O) groups excluding carboxylic acids is 2. The van der Waals surface area contributed by atoms with Crippen LogP contribution in [0, 0.1) is 0 Å². The number of β-amino-alcohol motifs (C(OH)–C–C–N with tert-alkyl or cyclic N) is 1. The van der Waals surface area contributed by atoms with Crippen LogP contribution in [0.25, 0.3) is 0 Å². The number of aromatic hydroxyl groups is 1. The summed E-state index contributed by atoms with van der Waals surface area (Å²) < 4.78 is 0. The topological polar surface area (TPSA) is 98.1 Å². The molecule has 1 aliphatic rings. The van der Waals surface area contributed by atoms with Gasteiger partial charge in [-0.3, -0.25) is 14.5 Å². The van der Waals surface area contributed by atoms with Crippen molar-refractivity contribution in [2.45, 2.75) is 25.6 Å². The average Bonchev–Trinajstić information content (AvgIpc) is 2.71. The van der Waals surface area contributed by atoms with Crippen molar-refractivity contribution in [3.05, 3.63) is 29.3 Å². The van der Waals surface area contributed by atoms with Crippen molar-refractivity contribution in [2.24, 2.45) is 0 Å². The summed E-state index contributed by atoms with van der Waals surface area (Å²) in [6, 6.07) is 4.30. The predicted molar refractivity (Wildman–Crippen MR) is 64.9 cm³/mol. The van der Waals surface area contributed by atoms with E-state index in [9.17, 15) is 19.8 Å². The molecule has 1 fully saturated rings. The van der Waals surface area contributed by atoms with Crippen LogP contribution in [0.5, 0.6) is 5.75 Å². The molecule has 0 aliphatic carbocycles. The Kier molecular flexibility index (Phi) is 3.82. The van der Waals surface area contributed by atoms with Crippen LogP contribution in [-0.2, 0) is 16.2 Å². The van der Waals surface area contributed by atoms with Crippen molar-refractivity contribution >= 4 is 11.8 Å². The zero-order chi connectivity index (χ0) is 14.0. The van der Waals surface area contributed by atoms with Crippen LogP contribution in [0.15, 0.2) is 18.2 Å². The second-order valence-electron chi connectivity index (χ2n) is 4.46. The second kappa shape index (κ2) is 5.38. The number of imide groups is 1. The standard InChI is InChI=1S/C13H15NO5/c15-7-9-5-8(1-2-10(9)16)11(17)6-14-12(18)3-4-13(14)19/h1-2,5,11,15-17H,3-4,6-7H2/t11-/m0/s1. The molecule has 102 valence electrons. The van der Waals surface area contributed by atoms with E-state index in [2.05, 4.69) is 0 Å². The van der Waals surface area contributed by atoms with E-state index in [0.29, 0.717) is 5.56 Å². The second-order valence-corrected chi connectivity index (χ2v) is 4.46. The van der Waals surface area contributed by atoms with Crippen molar-refractivity contribution in [1.82, 2.24) is 4.90 Å². The fourth-order valence-electron chi connectivity index (χ4n) is 2.04. The lowest BCUT2D eigenvalue weighted by Crippen LogP contribution is -2.33. The average molecular weight is 265 g/mol. The highest BCUT2D eigenvalue weighted by atomic mass is 16.3. The Morgan fingerprint density at radius 3 is 2.42 bits per heavy atom. The molecule has 1 aromatic rings. The molecule has 1 heterocycles. The molecular weight excluding hydrogens is 250 g/mol. The number of hydrogen-bond donors (Lipinski definition) is 3. The molecule has 0 radical (unpaired) electrons. The molecule has 2 amide bonds. The molecule has 19 heavy (non-hydrogen) atoms. The SMILES string of the molecule is O=C1CCC(=O)N1C[C@H](O)c1ccc(O)c(CO)c1. The van der Waals surface area contributed by atoms with Gasteiger partial charge in [0.1, 0.15) is 5.75 Å². The van der Waals surface area contributed by atoms with Crippen LogP contribution in [0.3, 0.4) is 0 Å². The lowest BCUT2D eigenvalue weighted by atomic mass is 10.0. The van der Waals surface area contributed by atoms with Gasteiger partial charge in [0.2, 0.25) is 11.8 Å². The zero-order valence-electron chi connectivity index (χ0n) is 10.2. The minimum absolute atomic E-state index is 0.0632. The molecule has 1 saturated heterocycles. The first-order valence-corrected chi connectivity index (χ1v) is 5.97. The highest BCUT2D eigenvalue weighted by Gasteiger charge is 2.30. The first-order chi connectivity index (χ1) is 9.02. The molecule has 0 unspecified atom stereocenters. The third-order valence-electron chi connectivity index (χ3n) is 3.17. The number of aliphatic hydroxyl groups excluding tert-OH is 2. The van der Waals surface area contributed by atoms with Crippen molar-refractivity contribution in [3.63, 3.8) is 0 Å². The highest BCUT2D eigenvalue weighted by Crippen LogP contribution is 2.24. The number of hydrogen-bond acceptors (Lipinski definition) is 5.